The lowest BCUT2D eigenvalue weighted by Gasteiger charge is -1.99. The molecule has 3 nitrogen and oxygen atoms in total. The second-order valence-electron chi connectivity index (χ2n) is 3.13. The molecule has 0 aliphatic carbocycles. The Kier molecular flexibility index (Phi) is 3.55. The highest BCUT2D eigenvalue weighted by molar-refractivity contribution is 5.77. The van der Waals surface area contributed by atoms with Crippen LogP contribution >= 0.6 is 0 Å². The third-order valence-corrected chi connectivity index (χ3v) is 1.72. The monoisotopic (exact) mass is 178 g/mol. The fourth-order valence-electron chi connectivity index (χ4n) is 1.19. The van der Waals surface area contributed by atoms with Crippen LogP contribution in [0.2, 0.25) is 0 Å². The van der Waals surface area contributed by atoms with Crippen molar-refractivity contribution < 1.29 is 4.79 Å². The van der Waals surface area contributed by atoms with Gasteiger partial charge in [0.2, 0.25) is 0 Å². The van der Waals surface area contributed by atoms with Crippen LogP contribution in [0.5, 0.6) is 0 Å². The molecule has 0 aromatic carbocycles. The summed E-state index contributed by atoms with van der Waals surface area (Å²) in [5, 5.41) is 0. The van der Waals surface area contributed by atoms with E-state index in [0.717, 1.165) is 24.2 Å². The summed E-state index contributed by atoms with van der Waals surface area (Å²) in [6.45, 7) is 3.67. The summed E-state index contributed by atoms with van der Waals surface area (Å²) in [6, 6.07) is 1.91. The van der Waals surface area contributed by atoms with E-state index >= 15 is 0 Å². The minimum absolute atomic E-state index is 0.140. The molecular weight excluding hydrogens is 164 g/mol. The van der Waals surface area contributed by atoms with Crippen LogP contribution in [0.4, 0.5) is 0 Å². The molecule has 1 rings (SSSR count). The van der Waals surface area contributed by atoms with Crippen LogP contribution in [0.15, 0.2) is 12.4 Å². The number of aryl methyl sites for hydroxylation is 1. The lowest BCUT2D eigenvalue weighted by Crippen LogP contribution is -2.01. The Bertz CT molecular complexity index is 297. The number of aromatic nitrogens is 2. The van der Waals surface area contributed by atoms with E-state index < -0.39 is 0 Å². The van der Waals surface area contributed by atoms with Gasteiger partial charge in [0, 0.05) is 12.1 Å². The van der Waals surface area contributed by atoms with Crippen molar-refractivity contribution in [3.8, 4) is 0 Å². The van der Waals surface area contributed by atoms with E-state index in [9.17, 15) is 4.79 Å². The standard InChI is InChI=1S/C10H14N2O/c1-3-4-9-6-10(5-8(2)13)12-7-11-9/h6-7H,3-5H2,1-2H3. The Morgan fingerprint density at radius 1 is 1.38 bits per heavy atom. The smallest absolute Gasteiger partial charge is 0.135 e. The average Bonchev–Trinajstić information content (AvgIpc) is 2.04. The average molecular weight is 178 g/mol. The maximum atomic E-state index is 10.8. The summed E-state index contributed by atoms with van der Waals surface area (Å²) in [4.78, 5) is 19.0. The highest BCUT2D eigenvalue weighted by atomic mass is 16.1. The molecule has 0 amide bonds. The van der Waals surface area contributed by atoms with E-state index in [0.29, 0.717) is 6.42 Å². The van der Waals surface area contributed by atoms with Crippen molar-refractivity contribution in [3.63, 3.8) is 0 Å². The van der Waals surface area contributed by atoms with E-state index in [-0.39, 0.29) is 5.78 Å². The first-order chi connectivity index (χ1) is 6.22. The van der Waals surface area contributed by atoms with Gasteiger partial charge in [0.15, 0.2) is 0 Å². The molecule has 70 valence electrons. The maximum Gasteiger partial charge on any atom is 0.135 e. The Labute approximate surface area is 78.2 Å². The van der Waals surface area contributed by atoms with E-state index in [1.807, 2.05) is 6.07 Å². The number of hydrogen-bond donors (Lipinski definition) is 0. The fourth-order valence-corrected chi connectivity index (χ4v) is 1.19. The van der Waals surface area contributed by atoms with Gasteiger partial charge in [0.1, 0.15) is 12.1 Å². The van der Waals surface area contributed by atoms with Crippen molar-refractivity contribution in [3.05, 3.63) is 23.8 Å². The van der Waals surface area contributed by atoms with Crippen molar-refractivity contribution in [1.82, 2.24) is 9.97 Å². The molecule has 13 heavy (non-hydrogen) atoms. The number of nitrogens with zero attached hydrogens (tertiary/aromatic N) is 2. The lowest BCUT2D eigenvalue weighted by molar-refractivity contribution is -0.116. The number of ketones is 1. The highest BCUT2D eigenvalue weighted by Gasteiger charge is 2.00. The molecule has 0 atom stereocenters. The largest absolute Gasteiger partial charge is 0.300 e. The van der Waals surface area contributed by atoms with Crippen LogP contribution in [-0.2, 0) is 17.6 Å². The van der Waals surface area contributed by atoms with Gasteiger partial charge in [-0.2, -0.15) is 0 Å². The molecule has 0 unspecified atom stereocenters. The summed E-state index contributed by atoms with van der Waals surface area (Å²) >= 11 is 0. The van der Waals surface area contributed by atoms with Gasteiger partial charge >= 0.3 is 0 Å². The number of Topliss-reactive ketones (excluding diaryl/α,β-unsaturated/α-hetero) is 1. The van der Waals surface area contributed by atoms with Crippen molar-refractivity contribution >= 4 is 5.78 Å². The zero-order valence-electron chi connectivity index (χ0n) is 8.08. The van der Waals surface area contributed by atoms with Gasteiger partial charge in [-0.1, -0.05) is 13.3 Å². The molecule has 0 N–H and O–H groups in total. The van der Waals surface area contributed by atoms with Crippen LogP contribution < -0.4 is 0 Å². The Morgan fingerprint density at radius 2 is 2.08 bits per heavy atom. The zero-order valence-corrected chi connectivity index (χ0v) is 8.08. The van der Waals surface area contributed by atoms with E-state index in [1.165, 1.54) is 6.33 Å². The molecule has 0 radical (unpaired) electrons. The molecule has 0 bridgehead atoms. The molecule has 0 aliphatic rings. The Hall–Kier alpha value is -1.25. The molecule has 1 aromatic heterocycles. The van der Waals surface area contributed by atoms with Gasteiger partial charge in [0.25, 0.3) is 0 Å². The molecule has 1 heterocycles. The van der Waals surface area contributed by atoms with Crippen LogP contribution in [0.1, 0.15) is 31.7 Å². The van der Waals surface area contributed by atoms with Crippen molar-refractivity contribution in [2.75, 3.05) is 0 Å². The first kappa shape index (κ1) is 9.84. The second kappa shape index (κ2) is 4.70. The first-order valence-corrected chi connectivity index (χ1v) is 4.51. The predicted octanol–water partition coefficient (Wildman–Crippen LogP) is 1.56. The third kappa shape index (κ3) is 3.32. The number of rotatable bonds is 4. The molecular formula is C10H14N2O. The maximum absolute atomic E-state index is 10.8. The highest BCUT2D eigenvalue weighted by Crippen LogP contribution is 2.02. The minimum Gasteiger partial charge on any atom is -0.300 e. The van der Waals surface area contributed by atoms with Gasteiger partial charge in [0.05, 0.1) is 5.69 Å². The number of carbonyl (C=O) groups is 1. The Morgan fingerprint density at radius 3 is 2.69 bits per heavy atom. The molecule has 0 saturated heterocycles. The fraction of sp³-hybridized carbons (Fsp3) is 0.500. The van der Waals surface area contributed by atoms with Crippen LogP contribution in [0, 0.1) is 0 Å². The molecule has 0 saturated carbocycles. The molecule has 3 heteroatoms. The third-order valence-electron chi connectivity index (χ3n) is 1.72. The van der Waals surface area contributed by atoms with Crippen LogP contribution in [-0.4, -0.2) is 15.8 Å². The lowest BCUT2D eigenvalue weighted by atomic mass is 10.2. The normalized spacial score (nSPS) is 10.0. The van der Waals surface area contributed by atoms with Gasteiger partial charge in [-0.15, -0.1) is 0 Å². The number of carbonyl (C=O) groups excluding carboxylic acids is 1. The predicted molar refractivity (Wildman–Crippen MR) is 50.4 cm³/mol. The van der Waals surface area contributed by atoms with E-state index in [1.54, 1.807) is 6.92 Å². The first-order valence-electron chi connectivity index (χ1n) is 4.51. The minimum atomic E-state index is 0.140. The number of hydrogen-bond acceptors (Lipinski definition) is 3. The van der Waals surface area contributed by atoms with Gasteiger partial charge in [-0.05, 0) is 19.4 Å². The summed E-state index contributed by atoms with van der Waals surface area (Å²) in [5.74, 6) is 0.140. The second-order valence-corrected chi connectivity index (χ2v) is 3.13. The zero-order chi connectivity index (χ0) is 9.68. The van der Waals surface area contributed by atoms with Gasteiger partial charge < -0.3 is 0 Å². The molecule has 1 aromatic rings. The summed E-state index contributed by atoms with van der Waals surface area (Å²) in [5.41, 5.74) is 1.85. The summed E-state index contributed by atoms with van der Waals surface area (Å²) in [7, 11) is 0. The molecule has 0 aliphatic heterocycles. The van der Waals surface area contributed by atoms with Gasteiger partial charge in [-0.25, -0.2) is 9.97 Å². The topological polar surface area (TPSA) is 42.9 Å². The summed E-state index contributed by atoms with van der Waals surface area (Å²) in [6.07, 6.45) is 3.96. The van der Waals surface area contributed by atoms with E-state index in [4.69, 9.17) is 0 Å². The van der Waals surface area contributed by atoms with Crippen molar-refractivity contribution in [2.45, 2.75) is 33.1 Å². The van der Waals surface area contributed by atoms with Crippen molar-refractivity contribution in [2.24, 2.45) is 0 Å². The Balaban J connectivity index is 2.73. The SMILES string of the molecule is CCCc1cc(CC(C)=O)ncn1. The summed E-state index contributed by atoms with van der Waals surface area (Å²) < 4.78 is 0. The van der Waals surface area contributed by atoms with Crippen LogP contribution in [0.3, 0.4) is 0 Å². The quantitative estimate of drug-likeness (QED) is 0.702. The van der Waals surface area contributed by atoms with Crippen LogP contribution in [0.25, 0.3) is 0 Å². The van der Waals surface area contributed by atoms with E-state index in [2.05, 4.69) is 16.9 Å². The molecule has 0 spiro atoms. The van der Waals surface area contributed by atoms with Gasteiger partial charge in [-0.3, -0.25) is 4.79 Å². The van der Waals surface area contributed by atoms with Crippen molar-refractivity contribution in [1.29, 1.82) is 0 Å². The molecule has 0 fully saturated rings.